The number of phenols is 1. The molecule has 2 heterocycles. The number of carbonyl (C=O) groups is 3. The van der Waals surface area contributed by atoms with Crippen LogP contribution in [0.15, 0.2) is 35.2 Å². The van der Waals surface area contributed by atoms with Gasteiger partial charge in [-0.25, -0.2) is 0 Å². The summed E-state index contributed by atoms with van der Waals surface area (Å²) in [5.74, 6) is -0.193. The summed E-state index contributed by atoms with van der Waals surface area (Å²) in [5.41, 5.74) is 0.901. The van der Waals surface area contributed by atoms with Gasteiger partial charge in [-0.05, 0) is 47.7 Å². The van der Waals surface area contributed by atoms with Gasteiger partial charge in [-0.3, -0.25) is 19.3 Å². The zero-order valence-electron chi connectivity index (χ0n) is 16.0. The number of hydrogen-bond acceptors (Lipinski definition) is 8. The van der Waals surface area contributed by atoms with Crippen molar-refractivity contribution in [1.82, 2.24) is 4.90 Å². The van der Waals surface area contributed by atoms with Gasteiger partial charge >= 0.3 is 0 Å². The van der Waals surface area contributed by atoms with Gasteiger partial charge in [-0.15, -0.1) is 0 Å². The van der Waals surface area contributed by atoms with Crippen LogP contribution >= 0.6 is 23.4 Å². The smallest absolute Gasteiger partial charge is 0.294 e. The highest BCUT2D eigenvalue weighted by Crippen LogP contribution is 2.38. The Balaban J connectivity index is 1.46. The van der Waals surface area contributed by atoms with E-state index in [1.807, 2.05) is 0 Å². The summed E-state index contributed by atoms with van der Waals surface area (Å²) in [6.07, 6.45) is 1.44. The highest BCUT2D eigenvalue weighted by atomic mass is 35.5. The van der Waals surface area contributed by atoms with E-state index in [0.29, 0.717) is 34.5 Å². The van der Waals surface area contributed by atoms with Crippen molar-refractivity contribution in [2.24, 2.45) is 0 Å². The van der Waals surface area contributed by atoms with Crippen molar-refractivity contribution in [2.45, 2.75) is 0 Å². The standard InChI is InChI=1S/C20H15ClN2O7S/c1-28-15-5-10(4-12(21)18(15)25)6-16-19(26)23(20(27)31-16)8-17(24)22-11-2-3-13-14(7-11)30-9-29-13/h2-7,25H,8-9H2,1H3,(H,22,24)/b16-6-. The third-order valence-corrected chi connectivity index (χ3v) is 5.60. The van der Waals surface area contributed by atoms with Crippen molar-refractivity contribution in [2.75, 3.05) is 25.8 Å². The average Bonchev–Trinajstić information content (AvgIpc) is 3.30. The molecule has 2 aliphatic heterocycles. The van der Waals surface area contributed by atoms with E-state index in [0.717, 1.165) is 4.90 Å². The molecule has 3 amide bonds. The van der Waals surface area contributed by atoms with Crippen molar-refractivity contribution in [3.8, 4) is 23.0 Å². The normalized spacial score (nSPS) is 16.2. The number of fused-ring (bicyclic) bond motifs is 1. The molecule has 0 spiro atoms. The Hall–Kier alpha value is -3.37. The molecule has 9 nitrogen and oxygen atoms in total. The summed E-state index contributed by atoms with van der Waals surface area (Å²) in [7, 11) is 1.36. The summed E-state index contributed by atoms with van der Waals surface area (Å²) in [6, 6.07) is 7.77. The van der Waals surface area contributed by atoms with Crippen LogP contribution in [0, 0.1) is 0 Å². The fourth-order valence-electron chi connectivity index (χ4n) is 2.94. The molecule has 0 saturated carbocycles. The molecule has 2 aromatic carbocycles. The van der Waals surface area contributed by atoms with Crippen LogP contribution in [0.2, 0.25) is 5.02 Å². The van der Waals surface area contributed by atoms with E-state index < -0.39 is 23.6 Å². The SMILES string of the molecule is COc1cc(/C=C2\SC(=O)N(CC(=O)Nc3ccc4c(c3)OCO4)C2=O)cc(Cl)c1O. The fraction of sp³-hybridized carbons (Fsp3) is 0.150. The summed E-state index contributed by atoms with van der Waals surface area (Å²) < 4.78 is 15.5. The predicted molar refractivity (Wildman–Crippen MR) is 114 cm³/mol. The number of aromatic hydroxyl groups is 1. The summed E-state index contributed by atoms with van der Waals surface area (Å²) in [4.78, 5) is 38.3. The fourth-order valence-corrected chi connectivity index (χ4v) is 4.00. The first-order valence-corrected chi connectivity index (χ1v) is 10.1. The lowest BCUT2D eigenvalue weighted by molar-refractivity contribution is -0.127. The lowest BCUT2D eigenvalue weighted by Crippen LogP contribution is -2.36. The maximum Gasteiger partial charge on any atom is 0.294 e. The number of imide groups is 1. The van der Waals surface area contributed by atoms with E-state index in [4.69, 9.17) is 25.8 Å². The lowest BCUT2D eigenvalue weighted by atomic mass is 10.2. The van der Waals surface area contributed by atoms with Gasteiger partial charge in [-0.2, -0.15) is 0 Å². The van der Waals surface area contributed by atoms with E-state index in [2.05, 4.69) is 5.32 Å². The third-order valence-electron chi connectivity index (χ3n) is 4.40. The number of benzene rings is 2. The first-order valence-electron chi connectivity index (χ1n) is 8.87. The minimum Gasteiger partial charge on any atom is -0.503 e. The van der Waals surface area contributed by atoms with Gasteiger partial charge in [0, 0.05) is 11.8 Å². The summed E-state index contributed by atoms with van der Waals surface area (Å²) in [5, 5.41) is 11.9. The number of ether oxygens (including phenoxy) is 3. The van der Waals surface area contributed by atoms with E-state index in [-0.39, 0.29) is 28.2 Å². The maximum atomic E-state index is 12.7. The number of amides is 3. The second kappa shape index (κ2) is 8.40. The molecule has 0 aromatic heterocycles. The Morgan fingerprint density at radius 2 is 2.06 bits per heavy atom. The van der Waals surface area contributed by atoms with Crippen molar-refractivity contribution < 1.29 is 33.7 Å². The van der Waals surface area contributed by atoms with Crippen molar-refractivity contribution in [1.29, 1.82) is 0 Å². The summed E-state index contributed by atoms with van der Waals surface area (Å²) >= 11 is 6.66. The number of anilines is 1. The number of carbonyl (C=O) groups excluding carboxylic acids is 3. The third kappa shape index (κ3) is 4.25. The van der Waals surface area contributed by atoms with Gasteiger partial charge in [-0.1, -0.05) is 11.6 Å². The lowest BCUT2D eigenvalue weighted by Gasteiger charge is -2.12. The molecule has 0 radical (unpaired) electrons. The molecule has 0 bridgehead atoms. The van der Waals surface area contributed by atoms with Crippen molar-refractivity contribution in [3.63, 3.8) is 0 Å². The quantitative estimate of drug-likeness (QED) is 0.649. The van der Waals surface area contributed by atoms with Crippen LogP contribution in [-0.2, 0) is 9.59 Å². The Kier molecular flexibility index (Phi) is 5.66. The molecule has 0 atom stereocenters. The summed E-state index contributed by atoms with van der Waals surface area (Å²) in [6.45, 7) is -0.343. The minimum atomic E-state index is -0.612. The molecule has 2 aromatic rings. The van der Waals surface area contributed by atoms with Crippen LogP contribution in [0.25, 0.3) is 6.08 Å². The van der Waals surface area contributed by atoms with Crippen LogP contribution in [0.3, 0.4) is 0 Å². The number of nitrogens with one attached hydrogen (secondary N) is 1. The second-order valence-electron chi connectivity index (χ2n) is 6.44. The molecule has 160 valence electrons. The Morgan fingerprint density at radius 3 is 2.84 bits per heavy atom. The number of rotatable bonds is 5. The van der Waals surface area contributed by atoms with E-state index >= 15 is 0 Å². The number of methoxy groups -OCH3 is 1. The molecular formula is C20H15ClN2O7S. The molecule has 2 N–H and O–H groups in total. The molecule has 0 aliphatic carbocycles. The van der Waals surface area contributed by atoms with Crippen LogP contribution < -0.4 is 19.5 Å². The first-order chi connectivity index (χ1) is 14.9. The van der Waals surface area contributed by atoms with Gasteiger partial charge in [0.2, 0.25) is 12.7 Å². The van der Waals surface area contributed by atoms with Crippen molar-refractivity contribution in [3.05, 3.63) is 45.8 Å². The predicted octanol–water partition coefficient (Wildman–Crippen LogP) is 3.46. The molecule has 1 saturated heterocycles. The molecule has 0 unspecified atom stereocenters. The average molecular weight is 463 g/mol. The molecular weight excluding hydrogens is 448 g/mol. The first kappa shape index (κ1) is 20.9. The van der Waals surface area contributed by atoms with Crippen LogP contribution in [-0.4, -0.2) is 47.5 Å². The van der Waals surface area contributed by atoms with Gasteiger partial charge < -0.3 is 24.6 Å². The highest BCUT2D eigenvalue weighted by Gasteiger charge is 2.36. The van der Waals surface area contributed by atoms with Crippen LogP contribution in [0.5, 0.6) is 23.0 Å². The largest absolute Gasteiger partial charge is 0.503 e. The number of nitrogens with zero attached hydrogens (tertiary/aromatic N) is 1. The van der Waals surface area contributed by atoms with Gasteiger partial charge in [0.1, 0.15) is 6.54 Å². The Morgan fingerprint density at radius 1 is 1.29 bits per heavy atom. The maximum absolute atomic E-state index is 12.7. The second-order valence-corrected chi connectivity index (χ2v) is 7.84. The molecule has 11 heteroatoms. The minimum absolute atomic E-state index is 0.0351. The van der Waals surface area contributed by atoms with E-state index in [9.17, 15) is 19.5 Å². The van der Waals surface area contributed by atoms with Gasteiger partial charge in [0.15, 0.2) is 23.0 Å². The van der Waals surface area contributed by atoms with Crippen molar-refractivity contribution >= 4 is 52.2 Å². The van der Waals surface area contributed by atoms with Gasteiger partial charge in [0.05, 0.1) is 17.0 Å². The highest BCUT2D eigenvalue weighted by molar-refractivity contribution is 8.18. The topological polar surface area (TPSA) is 114 Å². The Labute approximate surface area is 185 Å². The molecule has 1 fully saturated rings. The number of hydrogen-bond donors (Lipinski definition) is 2. The van der Waals surface area contributed by atoms with Crippen LogP contribution in [0.4, 0.5) is 10.5 Å². The van der Waals surface area contributed by atoms with E-state index in [1.165, 1.54) is 25.3 Å². The van der Waals surface area contributed by atoms with Gasteiger partial charge in [0.25, 0.3) is 11.1 Å². The number of halogens is 1. The van der Waals surface area contributed by atoms with Crippen LogP contribution in [0.1, 0.15) is 5.56 Å². The molecule has 4 rings (SSSR count). The molecule has 2 aliphatic rings. The number of phenolic OH excluding ortho intramolecular Hbond substituents is 1. The zero-order valence-corrected chi connectivity index (χ0v) is 17.6. The zero-order chi connectivity index (χ0) is 22.1. The Bertz CT molecular complexity index is 1130. The number of thioether (sulfide) groups is 1. The molecule has 31 heavy (non-hydrogen) atoms. The monoisotopic (exact) mass is 462 g/mol. The van der Waals surface area contributed by atoms with E-state index in [1.54, 1.807) is 18.2 Å².